The average molecular weight is 245 g/mol. The van der Waals surface area contributed by atoms with Crippen molar-refractivity contribution in [3.8, 4) is 6.07 Å². The third-order valence-corrected chi connectivity index (χ3v) is 3.40. The molecule has 0 aliphatic carbocycles. The fourth-order valence-electron chi connectivity index (χ4n) is 2.48. The van der Waals surface area contributed by atoms with Gasteiger partial charge in [-0.3, -0.25) is 0 Å². The van der Waals surface area contributed by atoms with Gasteiger partial charge in [0, 0.05) is 20.1 Å². The lowest BCUT2D eigenvalue weighted by atomic mass is 9.98. The highest BCUT2D eigenvalue weighted by Gasteiger charge is 2.19. The number of rotatable bonds is 3. The minimum atomic E-state index is 0.365. The molecule has 1 saturated heterocycles. The summed E-state index contributed by atoms with van der Waals surface area (Å²) in [4.78, 5) is 12.8. The summed E-state index contributed by atoms with van der Waals surface area (Å²) in [5.74, 6) is 1.52. The van der Waals surface area contributed by atoms with Crippen molar-refractivity contribution in [3.63, 3.8) is 0 Å². The second-order valence-corrected chi connectivity index (χ2v) is 5.02. The zero-order chi connectivity index (χ0) is 13.0. The predicted octanol–water partition coefficient (Wildman–Crippen LogP) is 1.13. The van der Waals surface area contributed by atoms with Crippen molar-refractivity contribution in [3.05, 3.63) is 18.1 Å². The lowest BCUT2D eigenvalue weighted by Gasteiger charge is -2.32. The van der Waals surface area contributed by atoms with Crippen LogP contribution in [0.2, 0.25) is 0 Å². The molecular weight excluding hydrogens is 226 g/mol. The number of likely N-dealkylation sites (tertiary alicyclic amines) is 1. The van der Waals surface area contributed by atoms with Gasteiger partial charge in [-0.1, -0.05) is 0 Å². The topological polar surface area (TPSA) is 56.0 Å². The fraction of sp³-hybridized carbons (Fsp3) is 0.615. The Hall–Kier alpha value is -1.67. The molecule has 0 amide bonds. The Labute approximate surface area is 108 Å². The quantitative estimate of drug-likeness (QED) is 0.799. The monoisotopic (exact) mass is 245 g/mol. The van der Waals surface area contributed by atoms with Gasteiger partial charge in [-0.05, 0) is 32.4 Å². The van der Waals surface area contributed by atoms with E-state index in [2.05, 4.69) is 26.8 Å². The molecule has 1 unspecified atom stereocenters. The van der Waals surface area contributed by atoms with Gasteiger partial charge in [-0.25, -0.2) is 9.97 Å². The first kappa shape index (κ1) is 12.8. The first-order valence-electron chi connectivity index (χ1n) is 6.31. The van der Waals surface area contributed by atoms with Crippen molar-refractivity contribution < 1.29 is 0 Å². The van der Waals surface area contributed by atoms with Crippen LogP contribution in [0.3, 0.4) is 0 Å². The van der Waals surface area contributed by atoms with Gasteiger partial charge in [-0.15, -0.1) is 0 Å². The Morgan fingerprint density at radius 1 is 1.50 bits per heavy atom. The Bertz CT molecular complexity index is 422. The van der Waals surface area contributed by atoms with Crippen molar-refractivity contribution in [2.45, 2.75) is 12.8 Å². The zero-order valence-electron chi connectivity index (χ0n) is 11.0. The molecule has 5 heteroatoms. The predicted molar refractivity (Wildman–Crippen MR) is 70.2 cm³/mol. The first-order valence-corrected chi connectivity index (χ1v) is 6.31. The van der Waals surface area contributed by atoms with Crippen molar-refractivity contribution in [1.29, 1.82) is 5.26 Å². The average Bonchev–Trinajstić information content (AvgIpc) is 2.39. The van der Waals surface area contributed by atoms with E-state index in [1.807, 2.05) is 13.1 Å². The smallest absolute Gasteiger partial charge is 0.158 e. The SMILES string of the molecule is CN1CCCC(CN(C)c2cnc(C#N)cn2)C1. The van der Waals surface area contributed by atoms with E-state index in [1.165, 1.54) is 25.6 Å². The summed E-state index contributed by atoms with van der Waals surface area (Å²) in [6.45, 7) is 3.34. The molecule has 0 saturated carbocycles. The molecule has 1 atom stereocenters. The van der Waals surface area contributed by atoms with Crippen LogP contribution in [0.15, 0.2) is 12.4 Å². The molecule has 1 aliphatic rings. The molecule has 0 N–H and O–H groups in total. The Balaban J connectivity index is 1.94. The molecule has 0 spiro atoms. The van der Waals surface area contributed by atoms with Crippen LogP contribution in [0, 0.1) is 17.2 Å². The maximum absolute atomic E-state index is 8.69. The summed E-state index contributed by atoms with van der Waals surface area (Å²) in [7, 11) is 4.21. The van der Waals surface area contributed by atoms with E-state index >= 15 is 0 Å². The van der Waals surface area contributed by atoms with E-state index in [1.54, 1.807) is 6.20 Å². The number of nitriles is 1. The molecule has 1 aliphatic heterocycles. The molecule has 0 radical (unpaired) electrons. The van der Waals surface area contributed by atoms with Crippen LogP contribution in [0.25, 0.3) is 0 Å². The van der Waals surface area contributed by atoms with Crippen LogP contribution in [0.1, 0.15) is 18.5 Å². The van der Waals surface area contributed by atoms with E-state index in [0.717, 1.165) is 18.9 Å². The highest BCUT2D eigenvalue weighted by molar-refractivity contribution is 5.36. The number of hydrogen-bond donors (Lipinski definition) is 0. The fourth-order valence-corrected chi connectivity index (χ4v) is 2.48. The highest BCUT2D eigenvalue weighted by atomic mass is 15.2. The Kier molecular flexibility index (Phi) is 4.11. The molecule has 5 nitrogen and oxygen atoms in total. The van der Waals surface area contributed by atoms with E-state index < -0.39 is 0 Å². The van der Waals surface area contributed by atoms with Gasteiger partial charge in [0.2, 0.25) is 0 Å². The number of hydrogen-bond acceptors (Lipinski definition) is 5. The van der Waals surface area contributed by atoms with E-state index in [-0.39, 0.29) is 0 Å². The molecule has 1 fully saturated rings. The van der Waals surface area contributed by atoms with Crippen molar-refractivity contribution in [2.75, 3.05) is 38.6 Å². The maximum Gasteiger partial charge on any atom is 0.158 e. The van der Waals surface area contributed by atoms with Gasteiger partial charge in [0.15, 0.2) is 5.69 Å². The Morgan fingerprint density at radius 2 is 2.33 bits per heavy atom. The lowest BCUT2D eigenvalue weighted by molar-refractivity contribution is 0.213. The van der Waals surface area contributed by atoms with Gasteiger partial charge in [-0.2, -0.15) is 5.26 Å². The van der Waals surface area contributed by atoms with Crippen LogP contribution < -0.4 is 4.90 Å². The van der Waals surface area contributed by atoms with Gasteiger partial charge in [0.25, 0.3) is 0 Å². The number of nitrogens with zero attached hydrogens (tertiary/aromatic N) is 5. The minimum Gasteiger partial charge on any atom is -0.358 e. The summed E-state index contributed by atoms with van der Waals surface area (Å²) >= 11 is 0. The number of aromatic nitrogens is 2. The zero-order valence-corrected chi connectivity index (χ0v) is 11.0. The van der Waals surface area contributed by atoms with E-state index in [9.17, 15) is 0 Å². The van der Waals surface area contributed by atoms with Crippen LogP contribution in [0.4, 0.5) is 5.82 Å². The van der Waals surface area contributed by atoms with Crippen LogP contribution in [-0.4, -0.2) is 48.6 Å². The van der Waals surface area contributed by atoms with Gasteiger partial charge >= 0.3 is 0 Å². The molecule has 18 heavy (non-hydrogen) atoms. The van der Waals surface area contributed by atoms with Crippen molar-refractivity contribution in [2.24, 2.45) is 5.92 Å². The summed E-state index contributed by atoms with van der Waals surface area (Å²) in [5.41, 5.74) is 0.365. The molecule has 96 valence electrons. The van der Waals surface area contributed by atoms with Gasteiger partial charge in [0.1, 0.15) is 11.9 Å². The number of anilines is 1. The second kappa shape index (κ2) is 5.78. The molecule has 2 heterocycles. The lowest BCUT2D eigenvalue weighted by Crippen LogP contribution is -2.38. The molecule has 0 bridgehead atoms. The standard InChI is InChI=1S/C13H19N5/c1-17-5-3-4-11(9-17)10-18(2)13-8-15-12(6-14)7-16-13/h7-8,11H,3-5,9-10H2,1-2H3. The normalized spacial score (nSPS) is 20.4. The molecule has 1 aromatic heterocycles. The van der Waals surface area contributed by atoms with Crippen LogP contribution in [-0.2, 0) is 0 Å². The summed E-state index contributed by atoms with van der Waals surface area (Å²) in [6.07, 6.45) is 5.75. The van der Waals surface area contributed by atoms with Crippen LogP contribution >= 0.6 is 0 Å². The highest BCUT2D eigenvalue weighted by Crippen LogP contribution is 2.18. The summed E-state index contributed by atoms with van der Waals surface area (Å²) in [5, 5.41) is 8.69. The molecule has 0 aromatic carbocycles. The second-order valence-electron chi connectivity index (χ2n) is 5.02. The van der Waals surface area contributed by atoms with Gasteiger partial charge in [0.05, 0.1) is 12.4 Å². The summed E-state index contributed by atoms with van der Waals surface area (Å²) in [6, 6.07) is 1.98. The first-order chi connectivity index (χ1) is 8.69. The molecular formula is C13H19N5. The van der Waals surface area contributed by atoms with Crippen LogP contribution in [0.5, 0.6) is 0 Å². The van der Waals surface area contributed by atoms with Gasteiger partial charge < -0.3 is 9.80 Å². The minimum absolute atomic E-state index is 0.365. The van der Waals surface area contributed by atoms with Crippen molar-refractivity contribution >= 4 is 5.82 Å². The third kappa shape index (κ3) is 3.17. The maximum atomic E-state index is 8.69. The van der Waals surface area contributed by atoms with E-state index in [0.29, 0.717) is 11.6 Å². The summed E-state index contributed by atoms with van der Waals surface area (Å²) < 4.78 is 0. The van der Waals surface area contributed by atoms with Crippen molar-refractivity contribution in [1.82, 2.24) is 14.9 Å². The third-order valence-electron chi connectivity index (χ3n) is 3.40. The largest absolute Gasteiger partial charge is 0.358 e. The number of piperidine rings is 1. The molecule has 1 aromatic rings. The Morgan fingerprint density at radius 3 is 2.94 bits per heavy atom. The van der Waals surface area contributed by atoms with E-state index in [4.69, 9.17) is 5.26 Å². The molecule has 2 rings (SSSR count).